The zero-order valence-corrected chi connectivity index (χ0v) is 28.5. The van der Waals surface area contributed by atoms with Crippen LogP contribution in [0.25, 0.3) is 48.4 Å². The van der Waals surface area contributed by atoms with Gasteiger partial charge in [0.15, 0.2) is 0 Å². The molecule has 0 unspecified atom stereocenters. The molecule has 0 N–H and O–H groups in total. The summed E-state index contributed by atoms with van der Waals surface area (Å²) in [5, 5.41) is 3.22. The second-order valence-electron chi connectivity index (χ2n) is 12.5. The average Bonchev–Trinajstić information content (AvgIpc) is 3.66. The fourth-order valence-electron chi connectivity index (χ4n) is 5.82. The highest BCUT2D eigenvalue weighted by atomic mass is 79.9. The molecule has 0 aliphatic carbocycles. The van der Waals surface area contributed by atoms with Gasteiger partial charge >= 0.3 is 0 Å². The molecule has 0 atom stereocenters. The minimum absolute atomic E-state index is 0.131. The lowest BCUT2D eigenvalue weighted by atomic mass is 9.87. The van der Waals surface area contributed by atoms with E-state index >= 15 is 0 Å². The summed E-state index contributed by atoms with van der Waals surface area (Å²) in [6.45, 7) is 6.57. The van der Waals surface area contributed by atoms with Crippen molar-refractivity contribution in [3.63, 3.8) is 0 Å². The Balaban J connectivity index is 1.14. The number of benzene rings is 5. The molecular formula is C40H30BrN3O2S. The van der Waals surface area contributed by atoms with Crippen LogP contribution in [0.1, 0.15) is 26.3 Å². The molecule has 5 aromatic carbocycles. The van der Waals surface area contributed by atoms with Crippen LogP contribution in [0.2, 0.25) is 0 Å². The Labute approximate surface area is 285 Å². The van der Waals surface area contributed by atoms with Gasteiger partial charge in [0.1, 0.15) is 38.3 Å². The molecule has 8 aromatic rings. The molecule has 0 saturated carbocycles. The summed E-state index contributed by atoms with van der Waals surface area (Å²) in [6.07, 6.45) is 1.82. The molecule has 7 heteroatoms. The first kappa shape index (κ1) is 29.4. The number of pyridine rings is 1. The van der Waals surface area contributed by atoms with E-state index in [0.29, 0.717) is 11.5 Å². The highest BCUT2D eigenvalue weighted by Gasteiger charge is 2.21. The summed E-state index contributed by atoms with van der Waals surface area (Å²) >= 11 is 5.51. The number of halogens is 1. The third kappa shape index (κ3) is 5.56. The number of hydrogen-bond acceptors (Lipinski definition) is 5. The molecule has 0 fully saturated rings. The van der Waals surface area contributed by atoms with Crippen LogP contribution in [-0.2, 0) is 5.41 Å². The first-order valence-corrected chi connectivity index (χ1v) is 17.0. The number of hydrogen-bond donors (Lipinski definition) is 0. The third-order valence-corrected chi connectivity index (χ3v) is 10.1. The molecule has 3 aromatic heterocycles. The van der Waals surface area contributed by atoms with Gasteiger partial charge in [-0.05, 0) is 112 Å². The van der Waals surface area contributed by atoms with Crippen LogP contribution < -0.4 is 9.47 Å². The molecule has 47 heavy (non-hydrogen) atoms. The average molecular weight is 697 g/mol. The van der Waals surface area contributed by atoms with Gasteiger partial charge in [-0.1, -0.05) is 57.2 Å². The molecule has 0 radical (unpaired) electrons. The molecule has 8 rings (SSSR count). The Morgan fingerprint density at radius 2 is 1.36 bits per heavy atom. The Bertz CT molecular complexity index is 2370. The largest absolute Gasteiger partial charge is 0.456 e. The molecule has 3 heterocycles. The summed E-state index contributed by atoms with van der Waals surface area (Å²) in [5.74, 6) is 3.72. The highest BCUT2D eigenvalue weighted by molar-refractivity contribution is 9.10. The van der Waals surface area contributed by atoms with Gasteiger partial charge in [0.05, 0.1) is 21.3 Å². The van der Waals surface area contributed by atoms with Gasteiger partial charge in [-0.25, -0.2) is 9.97 Å². The fourth-order valence-corrected chi connectivity index (χ4v) is 7.18. The first-order chi connectivity index (χ1) is 22.8. The zero-order valence-electron chi connectivity index (χ0n) is 26.1. The number of rotatable bonds is 6. The van der Waals surface area contributed by atoms with Crippen LogP contribution in [0, 0.1) is 0 Å². The van der Waals surface area contributed by atoms with E-state index in [1.807, 2.05) is 60.8 Å². The molecule has 0 aliphatic rings. The SMILES string of the molecule is CC(C)(C)c1cc(Oc2ccc(-c3nc4ccccc4s3)cc2)c(Br)c(Oc2ccc3c(c2)c2ccccc2n3-c2ccccn2)c1. The van der Waals surface area contributed by atoms with Crippen molar-refractivity contribution < 1.29 is 9.47 Å². The topological polar surface area (TPSA) is 49.2 Å². The summed E-state index contributed by atoms with van der Waals surface area (Å²) in [7, 11) is 0. The highest BCUT2D eigenvalue weighted by Crippen LogP contribution is 2.44. The van der Waals surface area contributed by atoms with Crippen molar-refractivity contribution >= 4 is 59.3 Å². The van der Waals surface area contributed by atoms with E-state index < -0.39 is 0 Å². The lowest BCUT2D eigenvalue weighted by molar-refractivity contribution is 0.449. The summed E-state index contributed by atoms with van der Waals surface area (Å²) in [4.78, 5) is 9.44. The standard InChI is InChI=1S/C40H30BrN3O2S/c1-40(2,3)26-22-34(45-27-17-15-25(16-18-27)39-43-31-11-5-7-13-36(31)47-39)38(41)35(23-26)46-28-19-20-33-30(24-28)29-10-4-6-12-32(29)44(33)37-14-8-9-21-42-37/h4-24H,1-3H3. The van der Waals surface area contributed by atoms with Crippen molar-refractivity contribution in [2.75, 3.05) is 0 Å². The lowest BCUT2D eigenvalue weighted by Gasteiger charge is -2.22. The normalized spacial score (nSPS) is 11.8. The maximum atomic E-state index is 6.64. The Morgan fingerprint density at radius 1 is 0.681 bits per heavy atom. The number of fused-ring (bicyclic) bond motifs is 4. The van der Waals surface area contributed by atoms with Crippen molar-refractivity contribution in [3.05, 3.63) is 138 Å². The fraction of sp³-hybridized carbons (Fsp3) is 0.100. The van der Waals surface area contributed by atoms with E-state index in [2.05, 4.69) is 113 Å². The number of thiazole rings is 1. The minimum atomic E-state index is -0.131. The van der Waals surface area contributed by atoms with Crippen molar-refractivity contribution in [3.8, 4) is 39.4 Å². The van der Waals surface area contributed by atoms with Gasteiger partial charge in [0.25, 0.3) is 0 Å². The molecule has 0 aliphatic heterocycles. The van der Waals surface area contributed by atoms with Crippen molar-refractivity contribution in [2.45, 2.75) is 26.2 Å². The zero-order chi connectivity index (χ0) is 32.1. The van der Waals surface area contributed by atoms with E-state index in [1.165, 1.54) is 4.70 Å². The van der Waals surface area contributed by atoms with Gasteiger partial charge in [-0.15, -0.1) is 11.3 Å². The van der Waals surface area contributed by atoms with Gasteiger partial charge < -0.3 is 9.47 Å². The monoisotopic (exact) mass is 695 g/mol. The molecule has 0 bridgehead atoms. The lowest BCUT2D eigenvalue weighted by Crippen LogP contribution is -2.11. The number of para-hydroxylation sites is 2. The molecule has 5 nitrogen and oxygen atoms in total. The maximum absolute atomic E-state index is 6.64. The Kier molecular flexibility index (Phi) is 7.31. The second kappa shape index (κ2) is 11.7. The second-order valence-corrected chi connectivity index (χ2v) is 14.3. The van der Waals surface area contributed by atoms with Gasteiger partial charge in [0, 0.05) is 22.5 Å². The van der Waals surface area contributed by atoms with Crippen LogP contribution in [0.4, 0.5) is 0 Å². The van der Waals surface area contributed by atoms with Crippen LogP contribution >= 0.6 is 27.3 Å². The number of aromatic nitrogens is 3. The van der Waals surface area contributed by atoms with Crippen LogP contribution in [-0.4, -0.2) is 14.5 Å². The molecule has 0 saturated heterocycles. The quantitative estimate of drug-likeness (QED) is 0.174. The smallest absolute Gasteiger partial charge is 0.145 e. The van der Waals surface area contributed by atoms with Gasteiger partial charge in [0.2, 0.25) is 0 Å². The van der Waals surface area contributed by atoms with E-state index in [1.54, 1.807) is 11.3 Å². The molecular weight excluding hydrogens is 666 g/mol. The Morgan fingerprint density at radius 3 is 2.11 bits per heavy atom. The predicted octanol–water partition coefficient (Wildman–Crippen LogP) is 12.1. The molecule has 230 valence electrons. The summed E-state index contributed by atoms with van der Waals surface area (Å²) < 4.78 is 17.3. The first-order valence-electron chi connectivity index (χ1n) is 15.4. The summed E-state index contributed by atoms with van der Waals surface area (Å²) in [5.41, 5.74) is 5.21. The predicted molar refractivity (Wildman–Crippen MR) is 197 cm³/mol. The van der Waals surface area contributed by atoms with Crippen molar-refractivity contribution in [2.24, 2.45) is 0 Å². The van der Waals surface area contributed by atoms with Crippen molar-refractivity contribution in [1.82, 2.24) is 14.5 Å². The number of ether oxygens (including phenoxy) is 2. The third-order valence-electron chi connectivity index (χ3n) is 8.25. The molecule has 0 spiro atoms. The molecule has 0 amide bonds. The van der Waals surface area contributed by atoms with Crippen LogP contribution in [0.15, 0.2) is 132 Å². The van der Waals surface area contributed by atoms with Crippen LogP contribution in [0.3, 0.4) is 0 Å². The Hall–Kier alpha value is -4.98. The van der Waals surface area contributed by atoms with Crippen molar-refractivity contribution in [1.29, 1.82) is 0 Å². The van der Waals surface area contributed by atoms with E-state index in [0.717, 1.165) is 65.2 Å². The van der Waals surface area contributed by atoms with E-state index in [9.17, 15) is 0 Å². The van der Waals surface area contributed by atoms with Gasteiger partial charge in [-0.2, -0.15) is 0 Å². The summed E-state index contributed by atoms with van der Waals surface area (Å²) in [6, 6.07) is 41.1. The van der Waals surface area contributed by atoms with E-state index in [-0.39, 0.29) is 5.41 Å². The minimum Gasteiger partial charge on any atom is -0.456 e. The maximum Gasteiger partial charge on any atom is 0.145 e. The van der Waals surface area contributed by atoms with Crippen LogP contribution in [0.5, 0.6) is 23.0 Å². The number of nitrogens with zero attached hydrogens (tertiary/aromatic N) is 3. The van der Waals surface area contributed by atoms with E-state index in [4.69, 9.17) is 14.5 Å². The van der Waals surface area contributed by atoms with Gasteiger partial charge in [-0.3, -0.25) is 4.57 Å².